The number of ether oxygens (including phenoxy) is 3. The van der Waals surface area contributed by atoms with Gasteiger partial charge in [-0.3, -0.25) is 0 Å². The van der Waals surface area contributed by atoms with Gasteiger partial charge < -0.3 is 19.5 Å². The second-order valence-electron chi connectivity index (χ2n) is 5.56. The molecule has 1 aliphatic rings. The topological polar surface area (TPSA) is 39.7 Å². The SMILES string of the molecule is COCCOCCOC(CNC1CC1)c1ccc(C)cc1. The lowest BCUT2D eigenvalue weighted by Crippen LogP contribution is -2.26. The van der Waals surface area contributed by atoms with Crippen LogP contribution in [0.4, 0.5) is 0 Å². The Morgan fingerprint density at radius 2 is 1.81 bits per heavy atom. The molecule has 1 aromatic carbocycles. The van der Waals surface area contributed by atoms with Gasteiger partial charge in [0, 0.05) is 19.7 Å². The highest BCUT2D eigenvalue weighted by molar-refractivity contribution is 5.23. The summed E-state index contributed by atoms with van der Waals surface area (Å²) in [5.41, 5.74) is 2.50. The van der Waals surface area contributed by atoms with Gasteiger partial charge in [-0.05, 0) is 25.3 Å². The Kier molecular flexibility index (Phi) is 7.16. The van der Waals surface area contributed by atoms with Gasteiger partial charge in [-0.1, -0.05) is 29.8 Å². The van der Waals surface area contributed by atoms with Crippen molar-refractivity contribution in [3.05, 3.63) is 35.4 Å². The molecule has 0 saturated heterocycles. The lowest BCUT2D eigenvalue weighted by molar-refractivity contribution is -0.00697. The fourth-order valence-corrected chi connectivity index (χ4v) is 2.11. The third-order valence-corrected chi connectivity index (χ3v) is 3.60. The highest BCUT2D eigenvalue weighted by Gasteiger charge is 2.22. The first-order valence-electron chi connectivity index (χ1n) is 7.78. The minimum absolute atomic E-state index is 0.0947. The monoisotopic (exact) mass is 293 g/mol. The number of hydrogen-bond donors (Lipinski definition) is 1. The molecule has 2 rings (SSSR count). The lowest BCUT2D eigenvalue weighted by Gasteiger charge is -2.19. The van der Waals surface area contributed by atoms with Crippen molar-refractivity contribution in [3.63, 3.8) is 0 Å². The number of aryl methyl sites for hydroxylation is 1. The number of benzene rings is 1. The zero-order valence-electron chi connectivity index (χ0n) is 13.1. The minimum atomic E-state index is 0.0947. The molecule has 1 fully saturated rings. The Bertz CT molecular complexity index is 390. The fraction of sp³-hybridized carbons (Fsp3) is 0.647. The van der Waals surface area contributed by atoms with E-state index in [2.05, 4.69) is 36.5 Å². The van der Waals surface area contributed by atoms with E-state index in [0.29, 0.717) is 32.5 Å². The summed E-state index contributed by atoms with van der Waals surface area (Å²) < 4.78 is 16.4. The molecule has 0 bridgehead atoms. The van der Waals surface area contributed by atoms with Crippen molar-refractivity contribution in [3.8, 4) is 0 Å². The molecule has 0 aromatic heterocycles. The maximum absolute atomic E-state index is 6.00. The number of rotatable bonds is 11. The molecular formula is C17H27NO3. The van der Waals surface area contributed by atoms with Gasteiger partial charge in [0.1, 0.15) is 0 Å². The molecule has 1 saturated carbocycles. The van der Waals surface area contributed by atoms with Crippen molar-refractivity contribution in [2.75, 3.05) is 40.1 Å². The van der Waals surface area contributed by atoms with Gasteiger partial charge in [0.2, 0.25) is 0 Å². The minimum Gasteiger partial charge on any atom is -0.382 e. The number of hydrogen-bond acceptors (Lipinski definition) is 4. The summed E-state index contributed by atoms with van der Waals surface area (Å²) in [6.45, 7) is 5.43. The summed E-state index contributed by atoms with van der Waals surface area (Å²) in [6, 6.07) is 9.27. The first-order valence-corrected chi connectivity index (χ1v) is 7.78. The highest BCUT2D eigenvalue weighted by atomic mass is 16.5. The predicted molar refractivity (Wildman–Crippen MR) is 83.6 cm³/mol. The summed E-state index contributed by atoms with van der Waals surface area (Å²) in [4.78, 5) is 0. The molecule has 1 N–H and O–H groups in total. The molecule has 1 atom stereocenters. The van der Waals surface area contributed by atoms with E-state index in [4.69, 9.17) is 14.2 Å². The molecule has 0 aliphatic heterocycles. The van der Waals surface area contributed by atoms with E-state index in [1.54, 1.807) is 7.11 Å². The van der Waals surface area contributed by atoms with Gasteiger partial charge in [0.25, 0.3) is 0 Å². The molecule has 0 radical (unpaired) electrons. The number of nitrogens with one attached hydrogen (secondary N) is 1. The van der Waals surface area contributed by atoms with Gasteiger partial charge in [-0.15, -0.1) is 0 Å². The molecule has 1 aromatic rings. The van der Waals surface area contributed by atoms with Crippen LogP contribution in [0.1, 0.15) is 30.1 Å². The molecule has 0 spiro atoms. The summed E-state index contributed by atoms with van der Waals surface area (Å²) in [5, 5.41) is 3.55. The van der Waals surface area contributed by atoms with Crippen molar-refractivity contribution < 1.29 is 14.2 Å². The van der Waals surface area contributed by atoms with Crippen molar-refractivity contribution in [2.24, 2.45) is 0 Å². The first-order chi connectivity index (χ1) is 10.3. The van der Waals surface area contributed by atoms with Crippen molar-refractivity contribution in [2.45, 2.75) is 31.9 Å². The third-order valence-electron chi connectivity index (χ3n) is 3.60. The van der Waals surface area contributed by atoms with Gasteiger partial charge in [0.05, 0.1) is 32.5 Å². The van der Waals surface area contributed by atoms with Crippen LogP contribution in [0.3, 0.4) is 0 Å². The van der Waals surface area contributed by atoms with Crippen LogP contribution in [-0.4, -0.2) is 46.1 Å². The maximum atomic E-state index is 6.00. The summed E-state index contributed by atoms with van der Waals surface area (Å²) in [6.07, 6.45) is 2.68. The molecular weight excluding hydrogens is 266 g/mol. The lowest BCUT2D eigenvalue weighted by atomic mass is 10.1. The zero-order chi connectivity index (χ0) is 14.9. The molecule has 1 aliphatic carbocycles. The molecule has 118 valence electrons. The van der Waals surface area contributed by atoms with E-state index in [1.165, 1.54) is 24.0 Å². The average molecular weight is 293 g/mol. The van der Waals surface area contributed by atoms with E-state index in [-0.39, 0.29) is 6.10 Å². The highest BCUT2D eigenvalue weighted by Crippen LogP contribution is 2.22. The van der Waals surface area contributed by atoms with Crippen molar-refractivity contribution in [1.29, 1.82) is 0 Å². The predicted octanol–water partition coefficient (Wildman–Crippen LogP) is 2.47. The second-order valence-corrected chi connectivity index (χ2v) is 5.56. The quantitative estimate of drug-likeness (QED) is 0.636. The molecule has 1 unspecified atom stereocenters. The van der Waals surface area contributed by atoms with Gasteiger partial charge >= 0.3 is 0 Å². The Morgan fingerprint density at radius 1 is 1.10 bits per heavy atom. The fourth-order valence-electron chi connectivity index (χ4n) is 2.11. The van der Waals surface area contributed by atoms with Crippen LogP contribution in [0.2, 0.25) is 0 Å². The normalized spacial score (nSPS) is 16.1. The smallest absolute Gasteiger partial charge is 0.0950 e. The van der Waals surface area contributed by atoms with E-state index in [9.17, 15) is 0 Å². The van der Waals surface area contributed by atoms with Crippen LogP contribution in [0, 0.1) is 6.92 Å². The summed E-state index contributed by atoms with van der Waals surface area (Å²) in [5.74, 6) is 0. The van der Waals surface area contributed by atoms with Crippen LogP contribution < -0.4 is 5.32 Å². The average Bonchev–Trinajstić information content (AvgIpc) is 3.31. The van der Waals surface area contributed by atoms with E-state index < -0.39 is 0 Å². The Morgan fingerprint density at radius 3 is 2.48 bits per heavy atom. The summed E-state index contributed by atoms with van der Waals surface area (Å²) in [7, 11) is 1.68. The summed E-state index contributed by atoms with van der Waals surface area (Å²) >= 11 is 0. The molecule has 21 heavy (non-hydrogen) atoms. The van der Waals surface area contributed by atoms with Crippen LogP contribution in [0.25, 0.3) is 0 Å². The van der Waals surface area contributed by atoms with E-state index in [1.807, 2.05) is 0 Å². The molecule has 0 heterocycles. The zero-order valence-corrected chi connectivity index (χ0v) is 13.1. The van der Waals surface area contributed by atoms with Crippen LogP contribution in [0.15, 0.2) is 24.3 Å². The van der Waals surface area contributed by atoms with Gasteiger partial charge in [-0.2, -0.15) is 0 Å². The molecule has 0 amide bonds. The Hall–Kier alpha value is -0.940. The first kappa shape index (κ1) is 16.4. The number of methoxy groups -OCH3 is 1. The van der Waals surface area contributed by atoms with Crippen molar-refractivity contribution in [1.82, 2.24) is 5.32 Å². The molecule has 4 nitrogen and oxygen atoms in total. The van der Waals surface area contributed by atoms with Crippen LogP contribution in [0.5, 0.6) is 0 Å². The van der Waals surface area contributed by atoms with Gasteiger partial charge in [-0.25, -0.2) is 0 Å². The Balaban J connectivity index is 1.75. The Labute approximate surface area is 127 Å². The standard InChI is InChI=1S/C17H27NO3/c1-14-3-5-15(6-4-14)17(13-18-16-7-8-16)21-12-11-20-10-9-19-2/h3-6,16-18H,7-13H2,1-2H3. The van der Waals surface area contributed by atoms with E-state index >= 15 is 0 Å². The van der Waals surface area contributed by atoms with E-state index in [0.717, 1.165) is 6.54 Å². The third kappa shape index (κ3) is 6.57. The molecule has 4 heteroatoms. The van der Waals surface area contributed by atoms with Crippen LogP contribution in [-0.2, 0) is 14.2 Å². The second kappa shape index (κ2) is 9.15. The van der Waals surface area contributed by atoms with Crippen LogP contribution >= 0.6 is 0 Å². The maximum Gasteiger partial charge on any atom is 0.0950 e. The van der Waals surface area contributed by atoms with Gasteiger partial charge in [0.15, 0.2) is 0 Å². The van der Waals surface area contributed by atoms with Crippen molar-refractivity contribution >= 4 is 0 Å². The largest absolute Gasteiger partial charge is 0.382 e.